The van der Waals surface area contributed by atoms with Gasteiger partial charge in [-0.2, -0.15) is 0 Å². The van der Waals surface area contributed by atoms with Crippen LogP contribution in [0, 0.1) is 0 Å². The molecule has 3 rings (SSSR count). The molecule has 0 spiro atoms. The summed E-state index contributed by atoms with van der Waals surface area (Å²) in [4.78, 5) is 8.80. The number of rotatable bonds is 1. The summed E-state index contributed by atoms with van der Waals surface area (Å²) >= 11 is 12.1. The zero-order valence-corrected chi connectivity index (χ0v) is 12.8. The molecular formula is C16H14Cl2N2. The van der Waals surface area contributed by atoms with Gasteiger partial charge >= 0.3 is 0 Å². The van der Waals surface area contributed by atoms with Gasteiger partial charge in [-0.15, -0.1) is 0 Å². The molecule has 0 N–H and O–H groups in total. The zero-order chi connectivity index (χ0) is 14.5. The molecule has 0 bridgehead atoms. The van der Waals surface area contributed by atoms with Crippen LogP contribution in [-0.4, -0.2) is 9.97 Å². The van der Waals surface area contributed by atoms with Crippen LogP contribution in [-0.2, 0) is 0 Å². The van der Waals surface area contributed by atoms with E-state index in [0.717, 1.165) is 16.5 Å². The Bertz CT molecular complexity index is 712. The SMILES string of the molecule is CC.Clc1ccc2nc(-c3ccccc3)nc(Cl)c2c1. The van der Waals surface area contributed by atoms with Crippen LogP contribution in [0.3, 0.4) is 0 Å². The minimum Gasteiger partial charge on any atom is -0.228 e. The van der Waals surface area contributed by atoms with Crippen molar-refractivity contribution in [3.8, 4) is 11.4 Å². The normalized spacial score (nSPS) is 10.0. The minimum absolute atomic E-state index is 0.418. The van der Waals surface area contributed by atoms with E-state index in [1.54, 1.807) is 12.1 Å². The predicted molar refractivity (Wildman–Crippen MR) is 86.3 cm³/mol. The van der Waals surface area contributed by atoms with Crippen molar-refractivity contribution in [3.05, 3.63) is 58.7 Å². The molecule has 0 saturated heterocycles. The number of aromatic nitrogens is 2. The number of halogens is 2. The molecule has 0 amide bonds. The summed E-state index contributed by atoms with van der Waals surface area (Å²) in [6.07, 6.45) is 0. The number of benzene rings is 2. The fourth-order valence-corrected chi connectivity index (χ4v) is 2.18. The van der Waals surface area contributed by atoms with Gasteiger partial charge in [0.15, 0.2) is 5.82 Å². The molecule has 0 aliphatic heterocycles. The maximum atomic E-state index is 6.17. The molecule has 0 aliphatic carbocycles. The summed E-state index contributed by atoms with van der Waals surface area (Å²) in [5.74, 6) is 0.621. The van der Waals surface area contributed by atoms with Crippen LogP contribution in [0.25, 0.3) is 22.3 Å². The van der Waals surface area contributed by atoms with Gasteiger partial charge in [0.05, 0.1) is 5.52 Å². The number of hydrogen-bond donors (Lipinski definition) is 0. The van der Waals surface area contributed by atoms with Gasteiger partial charge in [0, 0.05) is 16.0 Å². The highest BCUT2D eigenvalue weighted by atomic mass is 35.5. The molecule has 20 heavy (non-hydrogen) atoms. The third kappa shape index (κ3) is 3.09. The Hall–Kier alpha value is -1.64. The third-order valence-corrected chi connectivity index (χ3v) is 3.17. The Morgan fingerprint density at radius 3 is 2.25 bits per heavy atom. The highest BCUT2D eigenvalue weighted by molar-refractivity contribution is 6.35. The van der Waals surface area contributed by atoms with Crippen LogP contribution in [0.5, 0.6) is 0 Å². The van der Waals surface area contributed by atoms with Gasteiger partial charge in [0.1, 0.15) is 5.15 Å². The molecule has 4 heteroatoms. The van der Waals surface area contributed by atoms with Gasteiger partial charge in [0.2, 0.25) is 0 Å². The Kier molecular flexibility index (Phi) is 4.94. The molecule has 0 saturated carbocycles. The second kappa shape index (κ2) is 6.69. The van der Waals surface area contributed by atoms with Gasteiger partial charge < -0.3 is 0 Å². The van der Waals surface area contributed by atoms with Crippen molar-refractivity contribution in [2.45, 2.75) is 13.8 Å². The summed E-state index contributed by atoms with van der Waals surface area (Å²) < 4.78 is 0. The number of hydrogen-bond acceptors (Lipinski definition) is 2. The standard InChI is InChI=1S/C14H8Cl2N2.C2H6/c15-10-6-7-12-11(8-10)13(16)18-14(17-12)9-4-2-1-3-5-9;1-2/h1-8H;1-2H3. The lowest BCUT2D eigenvalue weighted by Gasteiger charge is -2.04. The molecular weight excluding hydrogens is 291 g/mol. The van der Waals surface area contributed by atoms with E-state index in [2.05, 4.69) is 9.97 Å². The van der Waals surface area contributed by atoms with Crippen molar-refractivity contribution in [1.29, 1.82) is 0 Å². The Morgan fingerprint density at radius 2 is 1.55 bits per heavy atom. The van der Waals surface area contributed by atoms with E-state index in [-0.39, 0.29) is 0 Å². The van der Waals surface area contributed by atoms with Crippen molar-refractivity contribution < 1.29 is 0 Å². The molecule has 0 unspecified atom stereocenters. The van der Waals surface area contributed by atoms with Crippen LogP contribution in [0.15, 0.2) is 48.5 Å². The smallest absolute Gasteiger partial charge is 0.161 e. The lowest BCUT2D eigenvalue weighted by atomic mass is 10.2. The average molecular weight is 305 g/mol. The van der Waals surface area contributed by atoms with Crippen LogP contribution in [0.2, 0.25) is 10.2 Å². The maximum absolute atomic E-state index is 6.17. The fraction of sp³-hybridized carbons (Fsp3) is 0.125. The largest absolute Gasteiger partial charge is 0.228 e. The molecule has 0 atom stereocenters. The van der Waals surface area contributed by atoms with E-state index < -0.39 is 0 Å². The van der Waals surface area contributed by atoms with Crippen LogP contribution in [0.1, 0.15) is 13.8 Å². The Morgan fingerprint density at radius 1 is 0.850 bits per heavy atom. The van der Waals surface area contributed by atoms with Crippen molar-refractivity contribution in [3.63, 3.8) is 0 Å². The van der Waals surface area contributed by atoms with Gasteiger partial charge in [-0.05, 0) is 18.2 Å². The summed E-state index contributed by atoms with van der Waals surface area (Å²) in [6, 6.07) is 15.2. The first-order valence-electron chi connectivity index (χ1n) is 6.42. The lowest BCUT2D eigenvalue weighted by Crippen LogP contribution is -1.91. The van der Waals surface area contributed by atoms with Gasteiger partial charge in [0.25, 0.3) is 0 Å². The van der Waals surface area contributed by atoms with Gasteiger partial charge in [-0.3, -0.25) is 0 Å². The minimum atomic E-state index is 0.418. The van der Waals surface area contributed by atoms with Crippen LogP contribution in [0.4, 0.5) is 0 Å². The summed E-state index contributed by atoms with van der Waals surface area (Å²) in [5, 5.41) is 1.81. The van der Waals surface area contributed by atoms with Crippen molar-refractivity contribution >= 4 is 34.1 Å². The van der Waals surface area contributed by atoms with E-state index >= 15 is 0 Å². The van der Waals surface area contributed by atoms with Gasteiger partial charge in [-0.25, -0.2) is 9.97 Å². The monoisotopic (exact) mass is 304 g/mol. The van der Waals surface area contributed by atoms with E-state index in [0.29, 0.717) is 16.0 Å². The molecule has 2 nitrogen and oxygen atoms in total. The van der Waals surface area contributed by atoms with Crippen molar-refractivity contribution in [2.24, 2.45) is 0 Å². The van der Waals surface area contributed by atoms with E-state index in [9.17, 15) is 0 Å². The molecule has 102 valence electrons. The molecule has 0 fully saturated rings. The molecule has 0 aliphatic rings. The predicted octanol–water partition coefficient (Wildman–Crippen LogP) is 5.63. The van der Waals surface area contributed by atoms with E-state index in [4.69, 9.17) is 23.2 Å². The van der Waals surface area contributed by atoms with E-state index in [1.807, 2.05) is 50.2 Å². The first-order chi connectivity index (χ1) is 9.74. The van der Waals surface area contributed by atoms with Crippen LogP contribution < -0.4 is 0 Å². The maximum Gasteiger partial charge on any atom is 0.161 e. The highest BCUT2D eigenvalue weighted by Gasteiger charge is 2.07. The second-order valence-corrected chi connectivity index (χ2v) is 4.66. The second-order valence-electron chi connectivity index (χ2n) is 3.87. The Balaban J connectivity index is 0.000000704. The number of nitrogens with zero attached hydrogens (tertiary/aromatic N) is 2. The van der Waals surface area contributed by atoms with Crippen molar-refractivity contribution in [1.82, 2.24) is 9.97 Å². The average Bonchev–Trinajstić information content (AvgIpc) is 2.51. The molecule has 1 aromatic heterocycles. The first kappa shape index (κ1) is 14.8. The molecule has 1 heterocycles. The fourth-order valence-electron chi connectivity index (χ4n) is 1.78. The van der Waals surface area contributed by atoms with E-state index in [1.165, 1.54) is 0 Å². The molecule has 2 aromatic carbocycles. The van der Waals surface area contributed by atoms with Crippen molar-refractivity contribution in [2.75, 3.05) is 0 Å². The molecule has 3 aromatic rings. The molecule has 0 radical (unpaired) electrons. The topological polar surface area (TPSA) is 25.8 Å². The summed E-state index contributed by atoms with van der Waals surface area (Å²) in [6.45, 7) is 4.00. The highest BCUT2D eigenvalue weighted by Crippen LogP contribution is 2.26. The van der Waals surface area contributed by atoms with Gasteiger partial charge in [-0.1, -0.05) is 67.4 Å². The third-order valence-electron chi connectivity index (χ3n) is 2.64. The quantitative estimate of drug-likeness (QED) is 0.544. The summed E-state index contributed by atoms with van der Waals surface area (Å²) in [5.41, 5.74) is 1.73. The summed E-state index contributed by atoms with van der Waals surface area (Å²) in [7, 11) is 0. The Labute approximate surface area is 128 Å². The lowest BCUT2D eigenvalue weighted by molar-refractivity contribution is 1.23. The number of fused-ring (bicyclic) bond motifs is 1. The zero-order valence-electron chi connectivity index (χ0n) is 11.3. The van der Waals surface area contributed by atoms with Crippen LogP contribution >= 0.6 is 23.2 Å². The first-order valence-corrected chi connectivity index (χ1v) is 7.18.